The van der Waals surface area contributed by atoms with E-state index in [9.17, 15) is 24.5 Å². The van der Waals surface area contributed by atoms with Gasteiger partial charge in [0.25, 0.3) is 17.5 Å². The lowest BCUT2D eigenvalue weighted by Crippen LogP contribution is -2.30. The molecule has 5 aromatic carbocycles. The number of nitrogens with zero attached hydrogens (tertiary/aromatic N) is 1. The molecular formula is C37H29ClN4O5S. The molecule has 3 amide bonds. The van der Waals surface area contributed by atoms with Crippen molar-refractivity contribution in [3.8, 4) is 0 Å². The number of rotatable bonds is 11. The molecule has 48 heavy (non-hydrogen) atoms. The Balaban J connectivity index is 1.41. The number of nitro groups is 1. The number of carbonyl (C=O) groups is 3. The van der Waals surface area contributed by atoms with Gasteiger partial charge in [0.05, 0.1) is 10.5 Å². The van der Waals surface area contributed by atoms with E-state index in [0.29, 0.717) is 26.9 Å². The van der Waals surface area contributed by atoms with Crippen LogP contribution in [0.25, 0.3) is 6.08 Å². The van der Waals surface area contributed by atoms with E-state index in [-0.39, 0.29) is 22.9 Å². The second-order valence-electron chi connectivity index (χ2n) is 10.5. The summed E-state index contributed by atoms with van der Waals surface area (Å²) >= 11 is 7.57. The maximum atomic E-state index is 13.6. The number of thioether (sulfide) groups is 1. The minimum atomic E-state index is -0.701. The maximum absolute atomic E-state index is 13.6. The molecule has 0 radical (unpaired) electrons. The number of hydrogen-bond acceptors (Lipinski definition) is 6. The van der Waals surface area contributed by atoms with E-state index in [2.05, 4.69) is 16.0 Å². The zero-order valence-electron chi connectivity index (χ0n) is 25.6. The molecule has 5 aromatic rings. The van der Waals surface area contributed by atoms with Crippen molar-refractivity contribution in [1.29, 1.82) is 0 Å². The fourth-order valence-electron chi connectivity index (χ4n) is 4.63. The monoisotopic (exact) mass is 676 g/mol. The van der Waals surface area contributed by atoms with Crippen molar-refractivity contribution in [3.05, 3.63) is 170 Å². The Morgan fingerprint density at radius 2 is 1.46 bits per heavy atom. The van der Waals surface area contributed by atoms with Gasteiger partial charge in [0.1, 0.15) is 10.9 Å². The minimum absolute atomic E-state index is 0.136. The van der Waals surface area contributed by atoms with Crippen LogP contribution < -0.4 is 16.0 Å². The number of hydrogen-bond donors (Lipinski definition) is 3. The minimum Gasteiger partial charge on any atom is -0.325 e. The van der Waals surface area contributed by atoms with E-state index in [1.807, 2.05) is 49.4 Å². The Morgan fingerprint density at radius 1 is 0.792 bits per heavy atom. The van der Waals surface area contributed by atoms with Gasteiger partial charge in [0, 0.05) is 32.9 Å². The average molecular weight is 677 g/mol. The van der Waals surface area contributed by atoms with Crippen LogP contribution in [0.4, 0.5) is 17.1 Å². The van der Waals surface area contributed by atoms with E-state index in [1.54, 1.807) is 66.7 Å². The van der Waals surface area contributed by atoms with Gasteiger partial charge in [0.15, 0.2) is 0 Å². The van der Waals surface area contributed by atoms with E-state index < -0.39 is 22.0 Å². The van der Waals surface area contributed by atoms with Gasteiger partial charge in [-0.1, -0.05) is 84.4 Å². The van der Waals surface area contributed by atoms with Crippen molar-refractivity contribution in [3.63, 3.8) is 0 Å². The summed E-state index contributed by atoms with van der Waals surface area (Å²) in [6, 6.07) is 35.7. The van der Waals surface area contributed by atoms with E-state index in [4.69, 9.17) is 11.6 Å². The highest BCUT2D eigenvalue weighted by atomic mass is 35.5. The Morgan fingerprint density at radius 3 is 2.17 bits per heavy atom. The third-order valence-electron chi connectivity index (χ3n) is 7.09. The molecule has 11 heteroatoms. The van der Waals surface area contributed by atoms with Crippen molar-refractivity contribution >= 4 is 64.2 Å². The fourth-order valence-corrected chi connectivity index (χ4v) is 5.90. The molecule has 0 aliphatic heterocycles. The van der Waals surface area contributed by atoms with Crippen LogP contribution in [0.15, 0.2) is 138 Å². The predicted octanol–water partition coefficient (Wildman–Crippen LogP) is 8.44. The fraction of sp³-hybridized carbons (Fsp3) is 0.0541. The number of carbonyl (C=O) groups excluding carboxylic acids is 3. The van der Waals surface area contributed by atoms with E-state index in [0.717, 1.165) is 11.1 Å². The molecular weight excluding hydrogens is 648 g/mol. The number of nitrogens with one attached hydrogen (secondary N) is 3. The van der Waals surface area contributed by atoms with Crippen molar-refractivity contribution < 1.29 is 19.3 Å². The SMILES string of the molecule is Cc1ccc(NC(=O)C(Sc2cccc(NC(=O)/C(=C\c3ccccc3[N+](=O)[O-])NC(=O)c3ccccc3)c2)c2ccccc2)cc1Cl. The Kier molecular flexibility index (Phi) is 11.0. The first-order valence-corrected chi connectivity index (χ1v) is 16.0. The topological polar surface area (TPSA) is 130 Å². The summed E-state index contributed by atoms with van der Waals surface area (Å²) in [5.41, 5.74) is 2.61. The first-order chi connectivity index (χ1) is 23.2. The molecule has 0 aliphatic carbocycles. The third-order valence-corrected chi connectivity index (χ3v) is 8.74. The van der Waals surface area contributed by atoms with Crippen molar-refractivity contribution in [2.45, 2.75) is 17.1 Å². The van der Waals surface area contributed by atoms with Crippen molar-refractivity contribution in [2.24, 2.45) is 0 Å². The number of nitro benzene ring substituents is 1. The molecule has 0 fully saturated rings. The van der Waals surface area contributed by atoms with Gasteiger partial charge in [0.2, 0.25) is 5.91 Å². The lowest BCUT2D eigenvalue weighted by atomic mass is 10.1. The molecule has 0 bridgehead atoms. The lowest BCUT2D eigenvalue weighted by molar-refractivity contribution is -0.385. The standard InChI is InChI=1S/C37H29ClN4O5S/c1-24-19-20-29(23-31(24)38)40-37(45)34(25-11-4-2-5-12-25)48-30-17-10-16-28(22-30)39-36(44)32(41-35(43)26-13-6-3-7-14-26)21-27-15-8-9-18-33(27)42(46)47/h2-23,34H,1H3,(H,39,44)(H,40,45)(H,41,43)/b32-21+. The molecule has 0 saturated heterocycles. The van der Waals surface area contributed by atoms with Crippen LogP contribution in [0.3, 0.4) is 0 Å². The average Bonchev–Trinajstić information content (AvgIpc) is 3.09. The number of benzene rings is 5. The number of halogens is 1. The second-order valence-corrected chi connectivity index (χ2v) is 12.1. The first kappa shape index (κ1) is 33.6. The van der Waals surface area contributed by atoms with Gasteiger partial charge in [-0.3, -0.25) is 24.5 Å². The molecule has 0 saturated carbocycles. The highest BCUT2D eigenvalue weighted by Crippen LogP contribution is 2.37. The van der Waals surface area contributed by atoms with Gasteiger partial charge in [-0.05, 0) is 72.7 Å². The van der Waals surface area contributed by atoms with Crippen LogP contribution in [0.5, 0.6) is 0 Å². The van der Waals surface area contributed by atoms with E-state index in [1.165, 1.54) is 36.0 Å². The Labute approximate surface area is 286 Å². The van der Waals surface area contributed by atoms with Gasteiger partial charge < -0.3 is 16.0 Å². The third kappa shape index (κ3) is 8.75. The summed E-state index contributed by atoms with van der Waals surface area (Å²) in [6.07, 6.45) is 1.26. The zero-order valence-corrected chi connectivity index (χ0v) is 27.1. The normalized spacial score (nSPS) is 11.7. The summed E-state index contributed by atoms with van der Waals surface area (Å²) in [7, 11) is 0. The lowest BCUT2D eigenvalue weighted by Gasteiger charge is -2.18. The molecule has 5 rings (SSSR count). The molecule has 1 atom stereocenters. The predicted molar refractivity (Wildman–Crippen MR) is 190 cm³/mol. The highest BCUT2D eigenvalue weighted by Gasteiger charge is 2.23. The molecule has 0 heterocycles. The van der Waals surface area contributed by atoms with Gasteiger partial charge in [-0.25, -0.2) is 0 Å². The highest BCUT2D eigenvalue weighted by molar-refractivity contribution is 8.00. The molecule has 0 spiro atoms. The summed E-state index contributed by atoms with van der Waals surface area (Å²) in [5.74, 6) is -1.53. The molecule has 240 valence electrons. The van der Waals surface area contributed by atoms with Crippen LogP contribution in [0, 0.1) is 17.0 Å². The van der Waals surface area contributed by atoms with Crippen LogP contribution in [-0.4, -0.2) is 22.6 Å². The smallest absolute Gasteiger partial charge is 0.276 e. The summed E-state index contributed by atoms with van der Waals surface area (Å²) < 4.78 is 0. The zero-order chi connectivity index (χ0) is 34.0. The second kappa shape index (κ2) is 15.7. The molecule has 0 aliphatic rings. The van der Waals surface area contributed by atoms with Crippen LogP contribution >= 0.6 is 23.4 Å². The number of amides is 3. The van der Waals surface area contributed by atoms with Crippen molar-refractivity contribution in [2.75, 3.05) is 10.6 Å². The first-order valence-electron chi connectivity index (χ1n) is 14.7. The summed E-state index contributed by atoms with van der Waals surface area (Å²) in [4.78, 5) is 52.1. The molecule has 1 unspecified atom stereocenters. The Bertz CT molecular complexity index is 2000. The molecule has 3 N–H and O–H groups in total. The van der Waals surface area contributed by atoms with Crippen LogP contribution in [-0.2, 0) is 9.59 Å². The largest absolute Gasteiger partial charge is 0.325 e. The summed E-state index contributed by atoms with van der Waals surface area (Å²) in [5, 5.41) is 19.9. The van der Waals surface area contributed by atoms with Crippen LogP contribution in [0.2, 0.25) is 5.02 Å². The number of aryl methyl sites for hydroxylation is 1. The number of para-hydroxylation sites is 1. The maximum Gasteiger partial charge on any atom is 0.276 e. The number of anilines is 2. The Hall–Kier alpha value is -5.71. The van der Waals surface area contributed by atoms with Gasteiger partial charge in [-0.2, -0.15) is 0 Å². The molecule has 0 aromatic heterocycles. The van der Waals surface area contributed by atoms with Crippen LogP contribution in [0.1, 0.15) is 32.3 Å². The van der Waals surface area contributed by atoms with E-state index >= 15 is 0 Å². The quantitative estimate of drug-likeness (QED) is 0.0557. The van der Waals surface area contributed by atoms with Crippen molar-refractivity contribution in [1.82, 2.24) is 5.32 Å². The van der Waals surface area contributed by atoms with Gasteiger partial charge >= 0.3 is 0 Å². The molecule has 9 nitrogen and oxygen atoms in total. The summed E-state index contributed by atoms with van der Waals surface area (Å²) in [6.45, 7) is 1.88. The van der Waals surface area contributed by atoms with Gasteiger partial charge in [-0.15, -0.1) is 11.8 Å².